The molecule has 2 N–H and O–H groups in total. The van der Waals surface area contributed by atoms with Gasteiger partial charge in [-0.15, -0.1) is 0 Å². The van der Waals surface area contributed by atoms with Gasteiger partial charge in [0.25, 0.3) is 0 Å². The maximum Gasteiger partial charge on any atom is 0.306 e. The Morgan fingerprint density at radius 1 is 1.19 bits per heavy atom. The van der Waals surface area contributed by atoms with Gasteiger partial charge in [0.15, 0.2) is 0 Å². The maximum absolute atomic E-state index is 12.5. The first-order chi connectivity index (χ1) is 12.4. The zero-order valence-corrected chi connectivity index (χ0v) is 15.0. The number of fused-ring (bicyclic) bond motifs is 3. The Labute approximate surface area is 152 Å². The molecule has 138 valence electrons. The number of ether oxygens (including phenoxy) is 1. The predicted octanol–water partition coefficient (Wildman–Crippen LogP) is 2.17. The summed E-state index contributed by atoms with van der Waals surface area (Å²) in [6, 6.07) is 11.5. The molecule has 2 aromatic rings. The Kier molecular flexibility index (Phi) is 4.36. The molecule has 1 unspecified atom stereocenters. The summed E-state index contributed by atoms with van der Waals surface area (Å²) in [4.78, 5) is 11.1. The fourth-order valence-corrected chi connectivity index (χ4v) is 5.63. The number of hydrogen-bond donors (Lipinski definition) is 2. The van der Waals surface area contributed by atoms with Crippen LogP contribution in [0, 0.1) is 11.8 Å². The van der Waals surface area contributed by atoms with E-state index in [1.807, 2.05) is 36.4 Å². The number of carboxylic acids is 1. The smallest absolute Gasteiger partial charge is 0.306 e. The monoisotopic (exact) mass is 375 g/mol. The molecule has 0 aromatic heterocycles. The molecule has 0 saturated heterocycles. The first kappa shape index (κ1) is 17.3. The van der Waals surface area contributed by atoms with Gasteiger partial charge in [0.1, 0.15) is 12.4 Å². The molecule has 7 heteroatoms. The molecule has 1 fully saturated rings. The van der Waals surface area contributed by atoms with E-state index in [0.29, 0.717) is 19.3 Å². The topological polar surface area (TPSA) is 92.7 Å². The highest BCUT2D eigenvalue weighted by atomic mass is 32.2. The Balaban J connectivity index is 1.49. The van der Waals surface area contributed by atoms with Gasteiger partial charge < -0.3 is 9.84 Å². The average molecular weight is 375 g/mol. The molecule has 1 aliphatic heterocycles. The van der Waals surface area contributed by atoms with Crippen molar-refractivity contribution < 1.29 is 23.1 Å². The second-order valence-corrected chi connectivity index (χ2v) is 8.96. The summed E-state index contributed by atoms with van der Waals surface area (Å²) in [5.41, 5.74) is 1.01. The summed E-state index contributed by atoms with van der Waals surface area (Å²) in [5.74, 6) is -1.09. The standard InChI is InChI=1S/C19H21NO5S/c21-19(22)16-7-5-13(16)11-26(23,24)20-14-9-17-15-4-2-1-3-12(15)6-8-18(17)25-10-14/h1-4,6,8,13-14,16,20H,5,7,9-11H2,(H,21,22)/t13-,14?,16-/m1/s1. The van der Waals surface area contributed by atoms with Crippen molar-refractivity contribution in [1.82, 2.24) is 4.72 Å². The van der Waals surface area contributed by atoms with Crippen LogP contribution in [0.15, 0.2) is 36.4 Å². The van der Waals surface area contributed by atoms with E-state index in [1.54, 1.807) is 0 Å². The molecule has 1 saturated carbocycles. The van der Waals surface area contributed by atoms with Crippen molar-refractivity contribution in [3.63, 3.8) is 0 Å². The van der Waals surface area contributed by atoms with E-state index in [9.17, 15) is 13.2 Å². The molecular weight excluding hydrogens is 354 g/mol. The van der Waals surface area contributed by atoms with E-state index >= 15 is 0 Å². The Morgan fingerprint density at radius 3 is 2.73 bits per heavy atom. The van der Waals surface area contributed by atoms with Gasteiger partial charge >= 0.3 is 5.97 Å². The molecule has 26 heavy (non-hydrogen) atoms. The number of carboxylic acid groups (broad SMARTS) is 1. The van der Waals surface area contributed by atoms with Crippen LogP contribution in [0.2, 0.25) is 0 Å². The molecule has 2 aliphatic rings. The molecule has 6 nitrogen and oxygen atoms in total. The van der Waals surface area contributed by atoms with Crippen molar-refractivity contribution >= 4 is 26.8 Å². The van der Waals surface area contributed by atoms with Crippen LogP contribution in [0.3, 0.4) is 0 Å². The Morgan fingerprint density at radius 2 is 2.00 bits per heavy atom. The summed E-state index contributed by atoms with van der Waals surface area (Å²) in [5, 5.41) is 11.3. The van der Waals surface area contributed by atoms with E-state index in [0.717, 1.165) is 22.1 Å². The Hall–Kier alpha value is -2.12. The molecular formula is C19H21NO5S. The van der Waals surface area contributed by atoms with Crippen molar-refractivity contribution in [3.05, 3.63) is 42.0 Å². The van der Waals surface area contributed by atoms with Crippen LogP contribution in [0.4, 0.5) is 0 Å². The minimum atomic E-state index is -3.56. The van der Waals surface area contributed by atoms with E-state index in [2.05, 4.69) is 4.72 Å². The summed E-state index contributed by atoms with van der Waals surface area (Å²) in [7, 11) is -3.56. The van der Waals surface area contributed by atoms with Crippen LogP contribution in [-0.4, -0.2) is 37.9 Å². The van der Waals surface area contributed by atoms with Gasteiger partial charge in [0.05, 0.1) is 17.7 Å². The van der Waals surface area contributed by atoms with Crippen LogP contribution in [0.5, 0.6) is 5.75 Å². The summed E-state index contributed by atoms with van der Waals surface area (Å²) in [6.07, 6.45) is 1.76. The average Bonchev–Trinajstić information content (AvgIpc) is 2.58. The number of sulfonamides is 1. The van der Waals surface area contributed by atoms with Crippen molar-refractivity contribution in [2.45, 2.75) is 25.3 Å². The van der Waals surface area contributed by atoms with E-state index in [1.165, 1.54) is 0 Å². The molecule has 4 rings (SSSR count). The SMILES string of the molecule is O=C(O)[C@@H]1CC[C@@H]1CS(=O)(=O)NC1COc2ccc3ccccc3c2C1. The number of benzene rings is 2. The van der Waals surface area contributed by atoms with E-state index in [-0.39, 0.29) is 24.3 Å². The molecule has 1 heterocycles. The third-order valence-electron chi connectivity index (χ3n) is 5.40. The second kappa shape index (κ2) is 6.55. The van der Waals surface area contributed by atoms with Crippen LogP contribution in [-0.2, 0) is 21.2 Å². The summed E-state index contributed by atoms with van der Waals surface area (Å²) in [6.45, 7) is 0.275. The van der Waals surface area contributed by atoms with Crippen LogP contribution >= 0.6 is 0 Å². The lowest BCUT2D eigenvalue weighted by atomic mass is 9.75. The normalized spacial score (nSPS) is 25.2. The molecule has 1 aliphatic carbocycles. The van der Waals surface area contributed by atoms with E-state index in [4.69, 9.17) is 9.84 Å². The molecule has 0 spiro atoms. The van der Waals surface area contributed by atoms with Gasteiger partial charge in [-0.1, -0.05) is 30.3 Å². The van der Waals surface area contributed by atoms with Crippen LogP contribution in [0.1, 0.15) is 18.4 Å². The van der Waals surface area contributed by atoms with Crippen molar-refractivity contribution in [3.8, 4) is 5.75 Å². The minimum Gasteiger partial charge on any atom is -0.492 e. The minimum absolute atomic E-state index is 0.136. The highest BCUT2D eigenvalue weighted by molar-refractivity contribution is 7.89. The lowest BCUT2D eigenvalue weighted by molar-refractivity contribution is -0.147. The van der Waals surface area contributed by atoms with Gasteiger partial charge in [-0.25, -0.2) is 13.1 Å². The third-order valence-corrected chi connectivity index (χ3v) is 6.96. The van der Waals surface area contributed by atoms with Crippen LogP contribution in [0.25, 0.3) is 10.8 Å². The number of aliphatic carboxylic acids is 1. The predicted molar refractivity (Wildman–Crippen MR) is 97.7 cm³/mol. The molecule has 3 atom stereocenters. The van der Waals surface area contributed by atoms with Gasteiger partial charge in [-0.2, -0.15) is 0 Å². The van der Waals surface area contributed by atoms with Crippen molar-refractivity contribution in [2.24, 2.45) is 11.8 Å². The fraction of sp³-hybridized carbons (Fsp3) is 0.421. The zero-order valence-electron chi connectivity index (χ0n) is 14.2. The lowest BCUT2D eigenvalue weighted by Crippen LogP contribution is -2.47. The first-order valence-corrected chi connectivity index (χ1v) is 10.4. The van der Waals surface area contributed by atoms with Crippen molar-refractivity contribution in [1.29, 1.82) is 0 Å². The number of carbonyl (C=O) groups is 1. The van der Waals surface area contributed by atoms with E-state index < -0.39 is 21.9 Å². The quantitative estimate of drug-likeness (QED) is 0.836. The van der Waals surface area contributed by atoms with Gasteiger partial charge in [-0.3, -0.25) is 4.79 Å². The maximum atomic E-state index is 12.5. The molecule has 0 bridgehead atoms. The highest BCUT2D eigenvalue weighted by Crippen LogP contribution is 2.36. The number of rotatable bonds is 5. The molecule has 0 amide bonds. The summed E-state index contributed by atoms with van der Waals surface area (Å²) >= 11 is 0. The van der Waals surface area contributed by atoms with Gasteiger partial charge in [0.2, 0.25) is 10.0 Å². The number of hydrogen-bond acceptors (Lipinski definition) is 4. The fourth-order valence-electron chi connectivity index (χ4n) is 3.91. The zero-order chi connectivity index (χ0) is 18.3. The van der Waals surface area contributed by atoms with Crippen molar-refractivity contribution in [2.75, 3.05) is 12.4 Å². The first-order valence-electron chi connectivity index (χ1n) is 8.79. The number of nitrogens with one attached hydrogen (secondary N) is 1. The molecule has 2 aromatic carbocycles. The highest BCUT2D eigenvalue weighted by Gasteiger charge is 2.39. The summed E-state index contributed by atoms with van der Waals surface area (Å²) < 4.78 is 33.5. The Bertz CT molecular complexity index is 956. The largest absolute Gasteiger partial charge is 0.492 e. The second-order valence-electron chi connectivity index (χ2n) is 7.16. The van der Waals surface area contributed by atoms with Gasteiger partial charge in [-0.05, 0) is 42.0 Å². The third kappa shape index (κ3) is 3.29. The molecule has 0 radical (unpaired) electrons. The lowest BCUT2D eigenvalue weighted by Gasteiger charge is -2.34. The van der Waals surface area contributed by atoms with Gasteiger partial charge in [0, 0.05) is 5.56 Å². The van der Waals surface area contributed by atoms with Crippen LogP contribution < -0.4 is 9.46 Å².